The molecule has 64 heavy (non-hydrogen) atoms. The van der Waals surface area contributed by atoms with Gasteiger partial charge in [-0.1, -0.05) is 164 Å². The summed E-state index contributed by atoms with van der Waals surface area (Å²) >= 11 is 0. The molecule has 1 saturated carbocycles. The summed E-state index contributed by atoms with van der Waals surface area (Å²) in [7, 11) is -5.13. The number of allylic oxidation sites excluding steroid dienone is 12. The molecule has 7 unspecified atom stereocenters. The first-order valence-corrected chi connectivity index (χ1v) is 25.8. The number of phosphoric ester groups is 1. The summed E-state index contributed by atoms with van der Waals surface area (Å²) < 4.78 is 33.5. The first-order chi connectivity index (χ1) is 30.9. The van der Waals surface area contributed by atoms with Crippen LogP contribution >= 0.6 is 7.82 Å². The third-order valence-electron chi connectivity index (χ3n) is 10.8. The van der Waals surface area contributed by atoms with Gasteiger partial charge in [0.2, 0.25) is 0 Å². The van der Waals surface area contributed by atoms with Gasteiger partial charge in [0.05, 0.1) is 6.61 Å². The lowest BCUT2D eigenvalue weighted by molar-refractivity contribution is -0.220. The molecule has 0 aromatic rings. The van der Waals surface area contributed by atoms with E-state index in [0.29, 0.717) is 12.8 Å². The zero-order chi connectivity index (χ0) is 47.1. The average Bonchev–Trinajstić information content (AvgIpc) is 3.28. The van der Waals surface area contributed by atoms with Crippen LogP contribution in [-0.4, -0.2) is 98.3 Å². The molecule has 0 aromatic heterocycles. The van der Waals surface area contributed by atoms with Crippen molar-refractivity contribution in [1.29, 1.82) is 0 Å². The van der Waals surface area contributed by atoms with Crippen LogP contribution in [0.15, 0.2) is 72.9 Å². The van der Waals surface area contributed by atoms with Crippen LogP contribution in [0.25, 0.3) is 0 Å². The summed E-state index contributed by atoms with van der Waals surface area (Å²) in [5.74, 6) is -1.13. The fraction of sp³-hybridized carbons (Fsp3) is 0.720. The first kappa shape index (κ1) is 59.3. The fourth-order valence-corrected chi connectivity index (χ4v) is 7.91. The molecule has 368 valence electrons. The predicted molar refractivity (Wildman–Crippen MR) is 253 cm³/mol. The zero-order valence-corrected chi connectivity index (χ0v) is 39.9. The van der Waals surface area contributed by atoms with Gasteiger partial charge in [0.25, 0.3) is 0 Å². The number of carbonyl (C=O) groups is 2. The van der Waals surface area contributed by atoms with E-state index in [1.54, 1.807) is 0 Å². The number of carbonyl (C=O) groups excluding carboxylic acids is 2. The number of hydrogen-bond donors (Lipinski definition) is 6. The molecule has 1 aliphatic rings. The summed E-state index contributed by atoms with van der Waals surface area (Å²) in [6, 6.07) is 0. The van der Waals surface area contributed by atoms with E-state index in [-0.39, 0.29) is 12.8 Å². The van der Waals surface area contributed by atoms with Crippen molar-refractivity contribution in [2.45, 2.75) is 217 Å². The number of rotatable bonds is 39. The average molecular weight is 925 g/mol. The molecule has 6 N–H and O–H groups in total. The van der Waals surface area contributed by atoms with Gasteiger partial charge in [-0.3, -0.25) is 18.6 Å². The van der Waals surface area contributed by atoms with E-state index in [1.807, 2.05) is 24.3 Å². The number of unbranched alkanes of at least 4 members (excludes halogenated alkanes) is 17. The van der Waals surface area contributed by atoms with Gasteiger partial charge in [-0.05, 0) is 70.6 Å². The molecule has 0 aliphatic heterocycles. The van der Waals surface area contributed by atoms with Gasteiger partial charge in [-0.2, -0.15) is 0 Å². The molecule has 0 amide bonds. The van der Waals surface area contributed by atoms with Crippen molar-refractivity contribution >= 4 is 19.8 Å². The predicted octanol–water partition coefficient (Wildman–Crippen LogP) is 9.89. The Morgan fingerprint density at radius 2 is 0.953 bits per heavy atom. The van der Waals surface area contributed by atoms with Crippen molar-refractivity contribution in [3.8, 4) is 0 Å². The number of aliphatic hydroxyl groups is 5. The molecule has 1 fully saturated rings. The summed E-state index contributed by atoms with van der Waals surface area (Å²) in [5.41, 5.74) is 0. The monoisotopic (exact) mass is 925 g/mol. The molecule has 0 spiro atoms. The molecular formula is C50H85O13P. The summed E-state index contributed by atoms with van der Waals surface area (Å²) in [6.07, 6.45) is 36.7. The molecule has 0 heterocycles. The van der Waals surface area contributed by atoms with Crippen LogP contribution in [0.5, 0.6) is 0 Å². The van der Waals surface area contributed by atoms with Crippen LogP contribution in [0.4, 0.5) is 0 Å². The molecule has 1 rings (SSSR count). The standard InChI is InChI=1S/C50H85O13P/c1-3-5-7-9-11-13-15-17-18-19-20-21-22-23-24-25-27-28-30-32-34-36-38-43(51)60-40-42(41-61-64(58,59)63-50-48(56)46(54)45(53)47(55)49(50)57)62-44(52)39-37-35-33-31-29-26-16-14-12-10-8-6-4-2/h6,8,10-14,16-18,20-21,42,45-50,53-57H,3-5,7,9,15,19,22-41H2,1-2H3,(H,58,59)/b8-6+,12-10+,13-11+,16-14+,18-17+,21-20+/t42?,45?,46-,47?,48?,49?,50?/m0/s1. The lowest BCUT2D eigenvalue weighted by Gasteiger charge is -2.41. The molecule has 0 saturated heterocycles. The number of aliphatic hydroxyl groups excluding tert-OH is 5. The van der Waals surface area contributed by atoms with Crippen molar-refractivity contribution in [2.75, 3.05) is 13.2 Å². The van der Waals surface area contributed by atoms with E-state index >= 15 is 0 Å². The van der Waals surface area contributed by atoms with Gasteiger partial charge < -0.3 is 39.9 Å². The molecule has 1 aliphatic carbocycles. The van der Waals surface area contributed by atoms with E-state index in [4.69, 9.17) is 18.5 Å². The fourth-order valence-electron chi connectivity index (χ4n) is 6.94. The Morgan fingerprint density at radius 3 is 1.48 bits per heavy atom. The molecule has 13 nitrogen and oxygen atoms in total. The van der Waals surface area contributed by atoms with E-state index in [9.17, 15) is 44.6 Å². The van der Waals surface area contributed by atoms with Crippen LogP contribution < -0.4 is 0 Å². The van der Waals surface area contributed by atoms with Crippen molar-refractivity contribution in [2.24, 2.45) is 0 Å². The second-order valence-corrected chi connectivity index (χ2v) is 18.0. The van der Waals surface area contributed by atoms with Crippen LogP contribution in [0.1, 0.15) is 174 Å². The maximum absolute atomic E-state index is 12.8. The Kier molecular flexibility index (Phi) is 36.6. The van der Waals surface area contributed by atoms with Crippen LogP contribution in [0.2, 0.25) is 0 Å². The highest BCUT2D eigenvalue weighted by molar-refractivity contribution is 7.47. The van der Waals surface area contributed by atoms with E-state index in [2.05, 4.69) is 62.5 Å². The normalized spacial score (nSPS) is 22.2. The van der Waals surface area contributed by atoms with Gasteiger partial charge in [0.15, 0.2) is 6.10 Å². The highest BCUT2D eigenvalue weighted by Crippen LogP contribution is 2.47. The van der Waals surface area contributed by atoms with Gasteiger partial charge in [-0.25, -0.2) is 4.57 Å². The zero-order valence-electron chi connectivity index (χ0n) is 39.0. The number of ether oxygens (including phenoxy) is 2. The van der Waals surface area contributed by atoms with Gasteiger partial charge in [0.1, 0.15) is 43.2 Å². The first-order valence-electron chi connectivity index (χ1n) is 24.3. The third-order valence-corrected chi connectivity index (χ3v) is 11.8. The Balaban J connectivity index is 2.40. The maximum Gasteiger partial charge on any atom is 0.472 e. The van der Waals surface area contributed by atoms with Crippen molar-refractivity contribution in [1.82, 2.24) is 0 Å². The second-order valence-electron chi connectivity index (χ2n) is 16.6. The molecular weight excluding hydrogens is 840 g/mol. The van der Waals surface area contributed by atoms with E-state index < -0.39 is 75.7 Å². The highest BCUT2D eigenvalue weighted by Gasteiger charge is 2.51. The molecule has 0 radical (unpaired) electrons. The Bertz CT molecular complexity index is 1390. The van der Waals surface area contributed by atoms with Crippen molar-refractivity contribution in [3.63, 3.8) is 0 Å². The van der Waals surface area contributed by atoms with Crippen LogP contribution in [-0.2, 0) is 32.7 Å². The minimum absolute atomic E-state index is 0.0690. The summed E-state index contributed by atoms with van der Waals surface area (Å²) in [6.45, 7) is 3.11. The van der Waals surface area contributed by atoms with E-state index in [0.717, 1.165) is 83.5 Å². The SMILES string of the molecule is CC/C=C/C=C/C=C/CCCCCCCC(=O)OC(COC(=O)CCCCCCCCCCC/C=C/C/C=C/C/C=C/CCCCC)COP(=O)(O)OC1C(O)C(O)C(O)[C@H](O)C1O. The lowest BCUT2D eigenvalue weighted by atomic mass is 9.85. The van der Waals surface area contributed by atoms with Gasteiger partial charge >= 0.3 is 19.8 Å². The molecule has 14 heteroatoms. The molecule has 0 aromatic carbocycles. The van der Waals surface area contributed by atoms with Gasteiger partial charge in [0, 0.05) is 12.8 Å². The maximum atomic E-state index is 12.8. The Hall–Kier alpha value is -2.71. The van der Waals surface area contributed by atoms with E-state index in [1.165, 1.54) is 51.4 Å². The summed E-state index contributed by atoms with van der Waals surface area (Å²) in [4.78, 5) is 35.7. The topological polar surface area (TPSA) is 210 Å². The third kappa shape index (κ3) is 31.2. The minimum Gasteiger partial charge on any atom is -0.462 e. The number of esters is 2. The molecule has 8 atom stereocenters. The number of hydrogen-bond acceptors (Lipinski definition) is 12. The smallest absolute Gasteiger partial charge is 0.462 e. The quantitative estimate of drug-likeness (QED) is 0.0112. The largest absolute Gasteiger partial charge is 0.472 e. The lowest BCUT2D eigenvalue weighted by Crippen LogP contribution is -2.64. The van der Waals surface area contributed by atoms with Crippen molar-refractivity contribution < 1.29 is 63.1 Å². The molecule has 0 bridgehead atoms. The van der Waals surface area contributed by atoms with Crippen molar-refractivity contribution in [3.05, 3.63) is 72.9 Å². The second kappa shape index (κ2) is 39.5. The Morgan fingerprint density at radius 1 is 0.516 bits per heavy atom. The van der Waals surface area contributed by atoms with Crippen LogP contribution in [0, 0.1) is 0 Å². The van der Waals surface area contributed by atoms with Gasteiger partial charge in [-0.15, -0.1) is 0 Å². The number of phosphoric acid groups is 1. The Labute approximate surface area is 385 Å². The highest BCUT2D eigenvalue weighted by atomic mass is 31.2. The summed E-state index contributed by atoms with van der Waals surface area (Å²) in [5, 5.41) is 50.2. The van der Waals surface area contributed by atoms with Crippen LogP contribution in [0.3, 0.4) is 0 Å². The minimum atomic E-state index is -5.13.